The van der Waals surface area contributed by atoms with Crippen molar-refractivity contribution in [2.75, 3.05) is 5.73 Å². The van der Waals surface area contributed by atoms with Gasteiger partial charge in [-0.25, -0.2) is 0 Å². The number of benzene rings is 2. The molecule has 0 spiro atoms. The lowest BCUT2D eigenvalue weighted by molar-refractivity contribution is 0.0998. The van der Waals surface area contributed by atoms with Gasteiger partial charge in [-0.15, -0.1) is 0 Å². The molecule has 0 aliphatic carbocycles. The maximum Gasteiger partial charge on any atom is 0.248 e. The second kappa shape index (κ2) is 6.21. The molecule has 104 valence electrons. The quantitative estimate of drug-likeness (QED) is 0.819. The van der Waals surface area contributed by atoms with Crippen LogP contribution in [0.4, 0.5) is 5.69 Å². The molecule has 0 fully saturated rings. The number of rotatable bonds is 5. The molecule has 2 aromatic carbocycles. The van der Waals surface area contributed by atoms with Crippen LogP contribution in [0, 0.1) is 6.92 Å². The molecule has 2 aromatic rings. The predicted molar refractivity (Wildman–Crippen MR) is 79.0 cm³/mol. The summed E-state index contributed by atoms with van der Waals surface area (Å²) in [5.41, 5.74) is 15.2. The van der Waals surface area contributed by atoms with E-state index in [-0.39, 0.29) is 0 Å². The highest BCUT2D eigenvalue weighted by Gasteiger charge is 2.04. The molecule has 0 saturated heterocycles. The van der Waals surface area contributed by atoms with Gasteiger partial charge in [-0.2, -0.15) is 0 Å². The van der Waals surface area contributed by atoms with Crippen molar-refractivity contribution in [2.45, 2.75) is 20.1 Å². The van der Waals surface area contributed by atoms with Crippen LogP contribution in [0.15, 0.2) is 42.5 Å². The molecule has 0 radical (unpaired) electrons. The Morgan fingerprint density at radius 1 is 1.10 bits per heavy atom. The first-order valence-electron chi connectivity index (χ1n) is 6.38. The monoisotopic (exact) mass is 270 g/mol. The molecular weight excluding hydrogens is 252 g/mol. The van der Waals surface area contributed by atoms with E-state index in [4.69, 9.17) is 16.2 Å². The van der Waals surface area contributed by atoms with Gasteiger partial charge in [0.1, 0.15) is 0 Å². The molecule has 4 N–H and O–H groups in total. The van der Waals surface area contributed by atoms with Crippen LogP contribution in [-0.2, 0) is 18.0 Å². The standard InChI is InChI=1S/C16H18N2O2/c1-11-8-13(16(18)19)4-5-14(11)10-20-9-12-2-6-15(17)7-3-12/h2-8H,9-10,17H2,1H3,(H2,18,19). The van der Waals surface area contributed by atoms with Crippen molar-refractivity contribution in [2.24, 2.45) is 5.73 Å². The summed E-state index contributed by atoms with van der Waals surface area (Å²) in [7, 11) is 0. The first-order chi connectivity index (χ1) is 9.56. The van der Waals surface area contributed by atoms with E-state index < -0.39 is 5.91 Å². The molecule has 0 unspecified atom stereocenters. The summed E-state index contributed by atoms with van der Waals surface area (Å²) >= 11 is 0. The highest BCUT2D eigenvalue weighted by Crippen LogP contribution is 2.14. The molecule has 4 heteroatoms. The number of nitrogens with two attached hydrogens (primary N) is 2. The van der Waals surface area contributed by atoms with Gasteiger partial charge < -0.3 is 16.2 Å². The molecule has 0 aliphatic rings. The SMILES string of the molecule is Cc1cc(C(N)=O)ccc1COCc1ccc(N)cc1. The Kier molecular flexibility index (Phi) is 4.38. The first kappa shape index (κ1) is 14.1. The minimum Gasteiger partial charge on any atom is -0.399 e. The molecule has 4 nitrogen and oxygen atoms in total. The fraction of sp³-hybridized carbons (Fsp3) is 0.188. The number of anilines is 1. The third-order valence-corrected chi connectivity index (χ3v) is 3.13. The van der Waals surface area contributed by atoms with Crippen LogP contribution in [-0.4, -0.2) is 5.91 Å². The van der Waals surface area contributed by atoms with Gasteiger partial charge in [0.25, 0.3) is 0 Å². The highest BCUT2D eigenvalue weighted by molar-refractivity contribution is 5.93. The van der Waals surface area contributed by atoms with Crippen LogP contribution in [0.5, 0.6) is 0 Å². The predicted octanol–water partition coefficient (Wildman–Crippen LogP) is 2.39. The average Bonchev–Trinajstić information content (AvgIpc) is 2.42. The summed E-state index contributed by atoms with van der Waals surface area (Å²) in [6.45, 7) is 2.96. The Morgan fingerprint density at radius 3 is 2.40 bits per heavy atom. The number of aryl methyl sites for hydroxylation is 1. The zero-order valence-corrected chi connectivity index (χ0v) is 11.4. The number of amides is 1. The Bertz CT molecular complexity index is 606. The summed E-state index contributed by atoms with van der Waals surface area (Å²) in [5.74, 6) is -0.414. The zero-order chi connectivity index (χ0) is 14.5. The van der Waals surface area contributed by atoms with Gasteiger partial charge in [0.05, 0.1) is 13.2 Å². The number of ether oxygens (including phenoxy) is 1. The van der Waals surface area contributed by atoms with E-state index in [1.807, 2.05) is 37.3 Å². The molecule has 0 saturated carbocycles. The van der Waals surface area contributed by atoms with E-state index in [0.717, 1.165) is 22.4 Å². The van der Waals surface area contributed by atoms with Crippen molar-refractivity contribution < 1.29 is 9.53 Å². The number of nitrogen functional groups attached to an aromatic ring is 1. The molecule has 0 aromatic heterocycles. The van der Waals surface area contributed by atoms with E-state index in [2.05, 4.69) is 0 Å². The van der Waals surface area contributed by atoms with Crippen LogP contribution in [0.1, 0.15) is 27.0 Å². The second-order valence-electron chi connectivity index (χ2n) is 4.74. The molecular formula is C16H18N2O2. The van der Waals surface area contributed by atoms with Crippen molar-refractivity contribution >= 4 is 11.6 Å². The van der Waals surface area contributed by atoms with Gasteiger partial charge in [0.15, 0.2) is 0 Å². The van der Waals surface area contributed by atoms with Crippen molar-refractivity contribution in [3.63, 3.8) is 0 Å². The van der Waals surface area contributed by atoms with E-state index in [1.165, 1.54) is 0 Å². The minimum absolute atomic E-state index is 0.414. The fourth-order valence-corrected chi connectivity index (χ4v) is 1.90. The lowest BCUT2D eigenvalue weighted by Crippen LogP contribution is -2.11. The molecule has 0 aliphatic heterocycles. The number of hydrogen-bond donors (Lipinski definition) is 2. The third-order valence-electron chi connectivity index (χ3n) is 3.13. The van der Waals surface area contributed by atoms with Crippen molar-refractivity contribution in [1.29, 1.82) is 0 Å². The maximum atomic E-state index is 11.1. The highest BCUT2D eigenvalue weighted by atomic mass is 16.5. The number of hydrogen-bond acceptors (Lipinski definition) is 3. The van der Waals surface area contributed by atoms with Gasteiger partial charge in [-0.05, 0) is 47.9 Å². The van der Waals surface area contributed by atoms with Crippen molar-refractivity contribution in [3.05, 3.63) is 64.7 Å². The first-order valence-corrected chi connectivity index (χ1v) is 6.38. The number of carbonyl (C=O) groups excluding carboxylic acids is 1. The minimum atomic E-state index is -0.414. The zero-order valence-electron chi connectivity index (χ0n) is 11.4. The second-order valence-corrected chi connectivity index (χ2v) is 4.74. The Labute approximate surface area is 118 Å². The Morgan fingerprint density at radius 2 is 1.80 bits per heavy atom. The topological polar surface area (TPSA) is 78.3 Å². The molecule has 1 amide bonds. The molecule has 0 atom stereocenters. The van der Waals surface area contributed by atoms with E-state index in [0.29, 0.717) is 18.8 Å². The van der Waals surface area contributed by atoms with Crippen LogP contribution < -0.4 is 11.5 Å². The number of carbonyl (C=O) groups is 1. The lowest BCUT2D eigenvalue weighted by Gasteiger charge is -2.08. The Balaban J connectivity index is 1.94. The van der Waals surface area contributed by atoms with Crippen LogP contribution >= 0.6 is 0 Å². The van der Waals surface area contributed by atoms with Crippen LogP contribution in [0.3, 0.4) is 0 Å². The van der Waals surface area contributed by atoms with Gasteiger partial charge >= 0.3 is 0 Å². The molecule has 2 rings (SSSR count). The van der Waals surface area contributed by atoms with E-state index in [1.54, 1.807) is 12.1 Å². The van der Waals surface area contributed by atoms with E-state index in [9.17, 15) is 4.79 Å². The molecule has 0 heterocycles. The summed E-state index contributed by atoms with van der Waals surface area (Å²) in [5, 5.41) is 0. The fourth-order valence-electron chi connectivity index (χ4n) is 1.90. The van der Waals surface area contributed by atoms with Crippen molar-refractivity contribution in [3.8, 4) is 0 Å². The summed E-state index contributed by atoms with van der Waals surface area (Å²) in [4.78, 5) is 11.1. The maximum absolute atomic E-state index is 11.1. The molecule has 20 heavy (non-hydrogen) atoms. The third kappa shape index (κ3) is 3.59. The average molecular weight is 270 g/mol. The largest absolute Gasteiger partial charge is 0.399 e. The summed E-state index contributed by atoms with van der Waals surface area (Å²) in [6, 6.07) is 13.0. The van der Waals surface area contributed by atoms with E-state index >= 15 is 0 Å². The van der Waals surface area contributed by atoms with Gasteiger partial charge in [-0.1, -0.05) is 18.2 Å². The van der Waals surface area contributed by atoms with Crippen LogP contribution in [0.25, 0.3) is 0 Å². The molecule has 0 bridgehead atoms. The van der Waals surface area contributed by atoms with Crippen LogP contribution in [0.2, 0.25) is 0 Å². The van der Waals surface area contributed by atoms with Gasteiger partial charge in [0.2, 0.25) is 5.91 Å². The van der Waals surface area contributed by atoms with Gasteiger partial charge in [-0.3, -0.25) is 4.79 Å². The number of primary amides is 1. The Hall–Kier alpha value is -2.33. The normalized spacial score (nSPS) is 10.4. The lowest BCUT2D eigenvalue weighted by atomic mass is 10.1. The summed E-state index contributed by atoms with van der Waals surface area (Å²) in [6.07, 6.45) is 0. The smallest absolute Gasteiger partial charge is 0.248 e. The van der Waals surface area contributed by atoms with Crippen molar-refractivity contribution in [1.82, 2.24) is 0 Å². The summed E-state index contributed by atoms with van der Waals surface area (Å²) < 4.78 is 5.67. The van der Waals surface area contributed by atoms with Gasteiger partial charge in [0, 0.05) is 11.3 Å².